The Morgan fingerprint density at radius 1 is 1.25 bits per heavy atom. The molecule has 0 spiro atoms. The number of halogens is 2. The molecule has 2 aromatic rings. The second kappa shape index (κ2) is 6.02. The standard InChI is InChI=1S/C13H9BrClN3O2/c14-7-5-9(11(15)17-6-7)13(20)18-10-4-2-1-3-8(10)12(16)19/h1-6H,(H2,16,19)(H,18,20). The fraction of sp³-hybridized carbons (Fsp3) is 0. The van der Waals surface area contributed by atoms with Gasteiger partial charge in [0, 0.05) is 10.7 Å². The van der Waals surface area contributed by atoms with E-state index in [9.17, 15) is 9.59 Å². The number of amides is 2. The zero-order valence-corrected chi connectivity index (χ0v) is 12.4. The minimum absolute atomic E-state index is 0.0715. The minimum atomic E-state index is -0.626. The third-order valence-electron chi connectivity index (χ3n) is 2.49. The number of nitrogens with zero attached hydrogens (tertiary/aromatic N) is 1. The van der Waals surface area contributed by atoms with Crippen molar-refractivity contribution in [2.45, 2.75) is 0 Å². The van der Waals surface area contributed by atoms with Gasteiger partial charge in [-0.3, -0.25) is 9.59 Å². The number of hydrogen-bond donors (Lipinski definition) is 2. The van der Waals surface area contributed by atoms with Crippen molar-refractivity contribution in [3.63, 3.8) is 0 Å². The summed E-state index contributed by atoms with van der Waals surface area (Å²) < 4.78 is 0.621. The first-order chi connectivity index (χ1) is 9.49. The highest BCUT2D eigenvalue weighted by molar-refractivity contribution is 9.10. The zero-order valence-electron chi connectivity index (χ0n) is 10.1. The van der Waals surface area contributed by atoms with Crippen LogP contribution in [0.4, 0.5) is 5.69 Å². The van der Waals surface area contributed by atoms with E-state index in [0.717, 1.165) is 0 Å². The van der Waals surface area contributed by atoms with Crippen molar-refractivity contribution in [3.05, 3.63) is 57.3 Å². The number of aromatic nitrogens is 1. The molecule has 1 aromatic carbocycles. The smallest absolute Gasteiger partial charge is 0.258 e. The normalized spacial score (nSPS) is 10.1. The van der Waals surface area contributed by atoms with Gasteiger partial charge in [-0.05, 0) is 34.1 Å². The van der Waals surface area contributed by atoms with Gasteiger partial charge in [0.05, 0.1) is 16.8 Å². The molecule has 2 amide bonds. The van der Waals surface area contributed by atoms with Crippen molar-refractivity contribution < 1.29 is 9.59 Å². The highest BCUT2D eigenvalue weighted by Gasteiger charge is 2.15. The molecule has 0 atom stereocenters. The van der Waals surface area contributed by atoms with Crippen LogP contribution in [0.15, 0.2) is 41.0 Å². The molecule has 5 nitrogen and oxygen atoms in total. The van der Waals surface area contributed by atoms with Gasteiger partial charge in [0.1, 0.15) is 5.15 Å². The lowest BCUT2D eigenvalue weighted by Crippen LogP contribution is -2.18. The average Bonchev–Trinajstić information content (AvgIpc) is 2.41. The van der Waals surface area contributed by atoms with Gasteiger partial charge >= 0.3 is 0 Å². The molecule has 0 radical (unpaired) electrons. The Morgan fingerprint density at radius 2 is 1.95 bits per heavy atom. The van der Waals surface area contributed by atoms with E-state index in [2.05, 4.69) is 26.2 Å². The Balaban J connectivity index is 2.33. The van der Waals surface area contributed by atoms with Crippen LogP contribution in [0, 0.1) is 0 Å². The predicted molar refractivity (Wildman–Crippen MR) is 79.9 cm³/mol. The lowest BCUT2D eigenvalue weighted by molar-refractivity contribution is 0.100. The second-order valence-corrected chi connectivity index (χ2v) is 5.13. The van der Waals surface area contributed by atoms with E-state index in [1.807, 2.05) is 0 Å². The molecule has 2 rings (SSSR count). The van der Waals surface area contributed by atoms with Gasteiger partial charge in [0.25, 0.3) is 11.8 Å². The summed E-state index contributed by atoms with van der Waals surface area (Å²) in [7, 11) is 0. The fourth-order valence-corrected chi connectivity index (χ4v) is 2.10. The molecular formula is C13H9BrClN3O2. The molecule has 0 bridgehead atoms. The van der Waals surface area contributed by atoms with Crippen LogP contribution in [0.2, 0.25) is 5.15 Å². The highest BCUT2D eigenvalue weighted by atomic mass is 79.9. The van der Waals surface area contributed by atoms with E-state index in [-0.39, 0.29) is 16.3 Å². The Kier molecular flexibility index (Phi) is 4.36. The van der Waals surface area contributed by atoms with Crippen LogP contribution in [0.3, 0.4) is 0 Å². The van der Waals surface area contributed by atoms with E-state index < -0.39 is 11.8 Å². The molecule has 20 heavy (non-hydrogen) atoms. The number of benzene rings is 1. The minimum Gasteiger partial charge on any atom is -0.366 e. The second-order valence-electron chi connectivity index (χ2n) is 3.86. The van der Waals surface area contributed by atoms with Gasteiger partial charge in [-0.2, -0.15) is 0 Å². The van der Waals surface area contributed by atoms with Crippen molar-refractivity contribution in [2.24, 2.45) is 5.73 Å². The number of primary amides is 1. The molecule has 3 N–H and O–H groups in total. The summed E-state index contributed by atoms with van der Waals surface area (Å²) in [6.45, 7) is 0. The third kappa shape index (κ3) is 3.15. The first-order valence-electron chi connectivity index (χ1n) is 5.50. The van der Waals surface area contributed by atoms with Crippen LogP contribution >= 0.6 is 27.5 Å². The lowest BCUT2D eigenvalue weighted by atomic mass is 10.1. The van der Waals surface area contributed by atoms with Crippen LogP contribution in [-0.2, 0) is 0 Å². The summed E-state index contributed by atoms with van der Waals surface area (Å²) in [5, 5.41) is 2.66. The molecular weight excluding hydrogens is 346 g/mol. The van der Waals surface area contributed by atoms with Crippen LogP contribution in [0.5, 0.6) is 0 Å². The molecule has 7 heteroatoms. The molecule has 0 saturated heterocycles. The number of hydrogen-bond acceptors (Lipinski definition) is 3. The summed E-state index contributed by atoms with van der Waals surface area (Å²) in [4.78, 5) is 27.3. The van der Waals surface area contributed by atoms with Gasteiger partial charge in [-0.15, -0.1) is 0 Å². The van der Waals surface area contributed by atoms with Crippen molar-refractivity contribution in [2.75, 3.05) is 5.32 Å². The van der Waals surface area contributed by atoms with Crippen molar-refractivity contribution >= 4 is 45.0 Å². The fourth-order valence-electron chi connectivity index (χ4n) is 1.58. The van der Waals surface area contributed by atoms with E-state index in [1.54, 1.807) is 18.2 Å². The summed E-state index contributed by atoms with van der Waals surface area (Å²) in [5.41, 5.74) is 5.98. The number of nitrogens with two attached hydrogens (primary N) is 1. The summed E-state index contributed by atoms with van der Waals surface area (Å²) >= 11 is 9.09. The molecule has 0 unspecified atom stereocenters. The molecule has 0 aliphatic heterocycles. The van der Waals surface area contributed by atoms with Crippen LogP contribution in [0.1, 0.15) is 20.7 Å². The van der Waals surface area contributed by atoms with Gasteiger partial charge in [-0.25, -0.2) is 4.98 Å². The van der Waals surface area contributed by atoms with Gasteiger partial charge < -0.3 is 11.1 Å². The van der Waals surface area contributed by atoms with Crippen LogP contribution in [-0.4, -0.2) is 16.8 Å². The molecule has 0 aliphatic rings. The number of para-hydroxylation sites is 1. The maximum atomic E-state index is 12.2. The summed E-state index contributed by atoms with van der Waals surface area (Å²) in [6, 6.07) is 7.99. The quantitative estimate of drug-likeness (QED) is 0.831. The van der Waals surface area contributed by atoms with E-state index >= 15 is 0 Å². The van der Waals surface area contributed by atoms with Gasteiger partial charge in [0.2, 0.25) is 0 Å². The van der Waals surface area contributed by atoms with Crippen LogP contribution < -0.4 is 11.1 Å². The van der Waals surface area contributed by atoms with E-state index in [0.29, 0.717) is 10.2 Å². The summed E-state index contributed by atoms with van der Waals surface area (Å²) in [5.74, 6) is -1.10. The number of nitrogens with one attached hydrogen (secondary N) is 1. The Labute approximate surface area is 128 Å². The van der Waals surface area contributed by atoms with Crippen molar-refractivity contribution in [1.29, 1.82) is 0 Å². The topological polar surface area (TPSA) is 85.1 Å². The van der Waals surface area contributed by atoms with E-state index in [1.165, 1.54) is 18.3 Å². The number of rotatable bonds is 3. The molecule has 1 aromatic heterocycles. The maximum absolute atomic E-state index is 12.2. The number of pyridine rings is 1. The molecule has 0 aliphatic carbocycles. The number of anilines is 1. The largest absolute Gasteiger partial charge is 0.366 e. The van der Waals surface area contributed by atoms with Crippen molar-refractivity contribution in [1.82, 2.24) is 4.98 Å². The van der Waals surface area contributed by atoms with Crippen molar-refractivity contribution in [3.8, 4) is 0 Å². The first kappa shape index (κ1) is 14.5. The molecule has 0 fully saturated rings. The highest BCUT2D eigenvalue weighted by Crippen LogP contribution is 2.21. The third-order valence-corrected chi connectivity index (χ3v) is 3.23. The molecule has 0 saturated carbocycles. The summed E-state index contributed by atoms with van der Waals surface area (Å²) in [6.07, 6.45) is 1.48. The Bertz CT molecular complexity index is 691. The van der Waals surface area contributed by atoms with Crippen LogP contribution in [0.25, 0.3) is 0 Å². The molecule has 1 heterocycles. The monoisotopic (exact) mass is 353 g/mol. The average molecular weight is 355 g/mol. The number of carbonyl (C=O) groups is 2. The van der Waals surface area contributed by atoms with Gasteiger partial charge in [0.15, 0.2) is 0 Å². The number of carbonyl (C=O) groups excluding carboxylic acids is 2. The predicted octanol–water partition coefficient (Wildman–Crippen LogP) is 2.85. The Hall–Kier alpha value is -1.92. The Morgan fingerprint density at radius 3 is 2.65 bits per heavy atom. The SMILES string of the molecule is NC(=O)c1ccccc1NC(=O)c1cc(Br)cnc1Cl. The zero-order chi connectivity index (χ0) is 14.7. The van der Waals surface area contributed by atoms with E-state index in [4.69, 9.17) is 17.3 Å². The lowest BCUT2D eigenvalue weighted by Gasteiger charge is -2.09. The maximum Gasteiger partial charge on any atom is 0.258 e. The first-order valence-corrected chi connectivity index (χ1v) is 6.67. The molecule has 102 valence electrons. The van der Waals surface area contributed by atoms with Gasteiger partial charge in [-0.1, -0.05) is 23.7 Å².